The predicted octanol–water partition coefficient (Wildman–Crippen LogP) is 0.484. The highest BCUT2D eigenvalue weighted by Gasteiger charge is 2.42. The summed E-state index contributed by atoms with van der Waals surface area (Å²) in [7, 11) is 1.72. The number of carbonyl (C=O) groups excluding carboxylic acids is 1. The number of aromatic amines is 1. The third-order valence-electron chi connectivity index (χ3n) is 5.19. The molecule has 0 aromatic carbocycles. The van der Waals surface area contributed by atoms with Crippen molar-refractivity contribution in [3.63, 3.8) is 0 Å². The van der Waals surface area contributed by atoms with E-state index >= 15 is 0 Å². The molecule has 2 aliphatic rings. The maximum Gasteiger partial charge on any atom is 0.254 e. The van der Waals surface area contributed by atoms with E-state index < -0.39 is 0 Å². The number of methoxy groups -OCH3 is 1. The molecule has 7 heteroatoms. The van der Waals surface area contributed by atoms with Crippen LogP contribution in [0, 0.1) is 18.8 Å². The fourth-order valence-corrected chi connectivity index (χ4v) is 3.75. The van der Waals surface area contributed by atoms with Crippen molar-refractivity contribution in [2.45, 2.75) is 38.6 Å². The van der Waals surface area contributed by atoms with E-state index in [4.69, 9.17) is 4.74 Å². The zero-order valence-electron chi connectivity index (χ0n) is 15.1. The number of ether oxygens (including phenoxy) is 1. The van der Waals surface area contributed by atoms with Gasteiger partial charge in [0.1, 0.15) is 5.82 Å². The number of carbonyl (C=O) groups is 1. The lowest BCUT2D eigenvalue weighted by Gasteiger charge is -2.19. The molecular weight excluding hydrogens is 320 g/mol. The van der Waals surface area contributed by atoms with Gasteiger partial charge in [-0.3, -0.25) is 9.59 Å². The van der Waals surface area contributed by atoms with Gasteiger partial charge < -0.3 is 19.9 Å². The van der Waals surface area contributed by atoms with Crippen molar-refractivity contribution in [3.05, 3.63) is 27.9 Å². The van der Waals surface area contributed by atoms with Crippen LogP contribution in [0.3, 0.4) is 0 Å². The first-order valence-corrected chi connectivity index (χ1v) is 9.12. The Kier molecular flexibility index (Phi) is 5.86. The van der Waals surface area contributed by atoms with Crippen LogP contribution >= 0.6 is 0 Å². The predicted molar refractivity (Wildman–Crippen MR) is 94.4 cm³/mol. The third-order valence-corrected chi connectivity index (χ3v) is 5.19. The molecule has 2 atom stereocenters. The number of hydrogen-bond donors (Lipinski definition) is 2. The van der Waals surface area contributed by atoms with Gasteiger partial charge in [0.05, 0.1) is 6.42 Å². The lowest BCUT2D eigenvalue weighted by atomic mass is 9.98. The molecule has 1 amide bonds. The molecule has 1 aromatic heterocycles. The van der Waals surface area contributed by atoms with Crippen molar-refractivity contribution in [3.8, 4) is 0 Å². The summed E-state index contributed by atoms with van der Waals surface area (Å²) in [5.74, 6) is 1.74. The summed E-state index contributed by atoms with van der Waals surface area (Å²) in [6, 6.07) is 0.181. The number of nitrogens with one attached hydrogen (secondary N) is 2. The number of aryl methyl sites for hydroxylation is 1. The van der Waals surface area contributed by atoms with E-state index in [-0.39, 0.29) is 23.9 Å². The van der Waals surface area contributed by atoms with Gasteiger partial charge in [-0.15, -0.1) is 0 Å². The summed E-state index contributed by atoms with van der Waals surface area (Å²) in [6.45, 7) is 5.43. The Balaban J connectivity index is 1.56. The molecule has 1 aliphatic heterocycles. The van der Waals surface area contributed by atoms with Gasteiger partial charge in [0.15, 0.2) is 0 Å². The van der Waals surface area contributed by atoms with E-state index in [2.05, 4.69) is 20.2 Å². The van der Waals surface area contributed by atoms with Gasteiger partial charge in [-0.05, 0) is 38.0 Å². The highest BCUT2D eigenvalue weighted by Crippen LogP contribution is 2.41. The van der Waals surface area contributed by atoms with Gasteiger partial charge in [0, 0.05) is 51.2 Å². The van der Waals surface area contributed by atoms with Crippen molar-refractivity contribution in [2.75, 3.05) is 33.4 Å². The van der Waals surface area contributed by atoms with Gasteiger partial charge in [-0.2, -0.15) is 0 Å². The number of amides is 1. The smallest absolute Gasteiger partial charge is 0.254 e. The average molecular weight is 348 g/mol. The minimum atomic E-state index is -0.228. The van der Waals surface area contributed by atoms with Crippen LogP contribution in [-0.2, 0) is 16.0 Å². The average Bonchev–Trinajstić information content (AvgIpc) is 3.33. The Morgan fingerprint density at radius 1 is 1.44 bits per heavy atom. The molecule has 2 heterocycles. The first kappa shape index (κ1) is 18.1. The van der Waals surface area contributed by atoms with Crippen molar-refractivity contribution in [1.29, 1.82) is 0 Å². The zero-order valence-corrected chi connectivity index (χ0v) is 15.1. The van der Waals surface area contributed by atoms with E-state index in [9.17, 15) is 9.59 Å². The summed E-state index contributed by atoms with van der Waals surface area (Å²) in [5, 5.41) is 3.17. The van der Waals surface area contributed by atoms with E-state index in [0.29, 0.717) is 17.3 Å². The number of likely N-dealkylation sites (tertiary alicyclic amines) is 1. The van der Waals surface area contributed by atoms with E-state index in [1.54, 1.807) is 14.0 Å². The van der Waals surface area contributed by atoms with Crippen LogP contribution in [0.15, 0.2) is 11.0 Å². The standard InChI is InChI=1S/C18H28N4O3/c1-12-19-9-14(18(24)20-12)8-17(23)21-16-11-22(6-3-7-25-2)10-15(16)13-4-5-13/h9,13,15-16H,3-8,10-11H2,1-2H3,(H,21,23)(H,19,20,24)/t15-,16+/m1/s1. The lowest BCUT2D eigenvalue weighted by molar-refractivity contribution is -0.121. The molecular formula is C18H28N4O3. The van der Waals surface area contributed by atoms with Gasteiger partial charge >= 0.3 is 0 Å². The number of H-pyrrole nitrogens is 1. The van der Waals surface area contributed by atoms with Crippen LogP contribution in [-0.4, -0.2) is 60.2 Å². The molecule has 7 nitrogen and oxygen atoms in total. The monoisotopic (exact) mass is 348 g/mol. The van der Waals surface area contributed by atoms with Gasteiger partial charge in [-0.25, -0.2) is 4.98 Å². The molecule has 1 aromatic rings. The summed E-state index contributed by atoms with van der Waals surface area (Å²) in [4.78, 5) is 33.5. The summed E-state index contributed by atoms with van der Waals surface area (Å²) in [6.07, 6.45) is 5.13. The third kappa shape index (κ3) is 4.89. The van der Waals surface area contributed by atoms with E-state index in [1.165, 1.54) is 19.0 Å². The fourth-order valence-electron chi connectivity index (χ4n) is 3.75. The van der Waals surface area contributed by atoms with Crippen LogP contribution in [0.4, 0.5) is 0 Å². The Morgan fingerprint density at radius 3 is 2.92 bits per heavy atom. The molecule has 1 aliphatic carbocycles. The minimum absolute atomic E-state index is 0.0835. The second kappa shape index (κ2) is 8.10. The van der Waals surface area contributed by atoms with Crippen molar-refractivity contribution in [1.82, 2.24) is 20.2 Å². The first-order valence-electron chi connectivity index (χ1n) is 9.12. The van der Waals surface area contributed by atoms with Gasteiger partial charge in [0.2, 0.25) is 5.91 Å². The molecule has 0 radical (unpaired) electrons. The Hall–Kier alpha value is -1.73. The fraction of sp³-hybridized carbons (Fsp3) is 0.722. The molecule has 138 valence electrons. The van der Waals surface area contributed by atoms with Gasteiger partial charge in [0.25, 0.3) is 5.56 Å². The number of rotatable bonds is 8. The number of hydrogen-bond acceptors (Lipinski definition) is 5. The molecule has 0 unspecified atom stereocenters. The van der Waals surface area contributed by atoms with Crippen molar-refractivity contribution >= 4 is 5.91 Å². The zero-order chi connectivity index (χ0) is 17.8. The Labute approximate surface area is 148 Å². The SMILES string of the molecule is COCCCN1C[C@H](NC(=O)Cc2cnc(C)[nH]c2=O)[C@@H](C2CC2)C1. The molecule has 1 saturated heterocycles. The number of aromatic nitrogens is 2. The molecule has 0 spiro atoms. The van der Waals surface area contributed by atoms with E-state index in [1.807, 2.05) is 0 Å². The van der Waals surface area contributed by atoms with Gasteiger partial charge in [-0.1, -0.05) is 0 Å². The van der Waals surface area contributed by atoms with E-state index in [0.717, 1.165) is 38.6 Å². The largest absolute Gasteiger partial charge is 0.385 e. The van der Waals surface area contributed by atoms with Crippen LogP contribution in [0.5, 0.6) is 0 Å². The minimum Gasteiger partial charge on any atom is -0.385 e. The van der Waals surface area contributed by atoms with Crippen LogP contribution in [0.1, 0.15) is 30.7 Å². The Morgan fingerprint density at radius 2 is 2.24 bits per heavy atom. The van der Waals surface area contributed by atoms with Crippen LogP contribution in [0.2, 0.25) is 0 Å². The molecule has 25 heavy (non-hydrogen) atoms. The number of nitrogens with zero attached hydrogens (tertiary/aromatic N) is 2. The maximum atomic E-state index is 12.4. The second-order valence-corrected chi connectivity index (χ2v) is 7.28. The Bertz CT molecular complexity index is 656. The summed E-state index contributed by atoms with van der Waals surface area (Å²) >= 11 is 0. The topological polar surface area (TPSA) is 87.3 Å². The molecule has 2 fully saturated rings. The summed E-state index contributed by atoms with van der Waals surface area (Å²) in [5.41, 5.74) is 0.190. The summed E-state index contributed by atoms with van der Waals surface area (Å²) < 4.78 is 5.13. The second-order valence-electron chi connectivity index (χ2n) is 7.28. The van der Waals surface area contributed by atoms with Crippen molar-refractivity contribution < 1.29 is 9.53 Å². The molecule has 3 rings (SSSR count). The van der Waals surface area contributed by atoms with Crippen molar-refractivity contribution in [2.24, 2.45) is 11.8 Å². The van der Waals surface area contributed by atoms with Crippen LogP contribution in [0.25, 0.3) is 0 Å². The molecule has 2 N–H and O–H groups in total. The highest BCUT2D eigenvalue weighted by atomic mass is 16.5. The molecule has 0 bridgehead atoms. The first-order chi connectivity index (χ1) is 12.1. The lowest BCUT2D eigenvalue weighted by Crippen LogP contribution is -2.42. The maximum absolute atomic E-state index is 12.4. The highest BCUT2D eigenvalue weighted by molar-refractivity contribution is 5.78. The normalized spacial score (nSPS) is 23.8. The quantitative estimate of drug-likeness (QED) is 0.668. The molecule has 1 saturated carbocycles. The van der Waals surface area contributed by atoms with Crippen LogP contribution < -0.4 is 10.9 Å².